The monoisotopic (exact) mass is 253 g/mol. The number of nitrogens with zero attached hydrogens (tertiary/aromatic N) is 1. The Hall–Kier alpha value is -0.610. The van der Waals surface area contributed by atoms with Crippen molar-refractivity contribution in [1.29, 1.82) is 0 Å². The van der Waals surface area contributed by atoms with Gasteiger partial charge in [-0.15, -0.1) is 0 Å². The molecule has 1 amide bonds. The molecule has 1 saturated carbocycles. The Morgan fingerprint density at radius 1 is 1.50 bits per heavy atom. The van der Waals surface area contributed by atoms with Crippen molar-refractivity contribution >= 4 is 5.91 Å². The maximum Gasteiger partial charge on any atom is 0.240 e. The highest BCUT2D eigenvalue weighted by atomic mass is 16.2. The van der Waals surface area contributed by atoms with Gasteiger partial charge in [0.2, 0.25) is 5.91 Å². The van der Waals surface area contributed by atoms with Gasteiger partial charge in [0.25, 0.3) is 0 Å². The molecule has 4 nitrogen and oxygen atoms in total. The lowest BCUT2D eigenvalue weighted by Crippen LogP contribution is -2.54. The minimum Gasteiger partial charge on any atom is -0.350 e. The van der Waals surface area contributed by atoms with Crippen LogP contribution in [0.5, 0.6) is 0 Å². The van der Waals surface area contributed by atoms with Gasteiger partial charge in [-0.2, -0.15) is 0 Å². The number of hydrogen-bond donors (Lipinski definition) is 2. The zero-order valence-corrected chi connectivity index (χ0v) is 11.9. The van der Waals surface area contributed by atoms with Crippen molar-refractivity contribution in [1.82, 2.24) is 10.2 Å². The van der Waals surface area contributed by atoms with Crippen molar-refractivity contribution in [2.24, 2.45) is 5.73 Å². The molecule has 1 heterocycles. The van der Waals surface area contributed by atoms with E-state index in [0.29, 0.717) is 6.04 Å². The molecule has 0 radical (unpaired) electrons. The molecule has 1 saturated heterocycles. The molecule has 0 spiro atoms. The van der Waals surface area contributed by atoms with Crippen molar-refractivity contribution in [3.8, 4) is 0 Å². The van der Waals surface area contributed by atoms with Crippen LogP contribution in [0.3, 0.4) is 0 Å². The molecule has 1 aliphatic carbocycles. The van der Waals surface area contributed by atoms with E-state index in [1.165, 1.54) is 12.8 Å². The first-order valence-electron chi connectivity index (χ1n) is 7.29. The van der Waals surface area contributed by atoms with Gasteiger partial charge in [0.05, 0.1) is 5.54 Å². The summed E-state index contributed by atoms with van der Waals surface area (Å²) in [7, 11) is 0. The van der Waals surface area contributed by atoms with Crippen molar-refractivity contribution in [3.05, 3.63) is 0 Å². The van der Waals surface area contributed by atoms with Gasteiger partial charge in [-0.1, -0.05) is 13.3 Å². The predicted octanol–water partition coefficient (Wildman–Crippen LogP) is 1.25. The third-order valence-corrected chi connectivity index (χ3v) is 4.26. The minimum atomic E-state index is -0.717. The largest absolute Gasteiger partial charge is 0.350 e. The molecule has 1 aliphatic heterocycles. The molecule has 2 fully saturated rings. The third kappa shape index (κ3) is 3.04. The van der Waals surface area contributed by atoms with E-state index in [2.05, 4.69) is 24.1 Å². The first kappa shape index (κ1) is 13.8. The van der Waals surface area contributed by atoms with Crippen molar-refractivity contribution < 1.29 is 4.79 Å². The summed E-state index contributed by atoms with van der Waals surface area (Å²) in [5.74, 6) is 0.0131. The highest BCUT2D eigenvalue weighted by molar-refractivity contribution is 5.85. The quantitative estimate of drug-likeness (QED) is 0.775. The van der Waals surface area contributed by atoms with Gasteiger partial charge in [0, 0.05) is 24.7 Å². The molecule has 104 valence electrons. The fourth-order valence-electron chi connectivity index (χ4n) is 3.06. The van der Waals surface area contributed by atoms with Crippen LogP contribution in [0, 0.1) is 0 Å². The highest BCUT2D eigenvalue weighted by Gasteiger charge is 2.40. The maximum atomic E-state index is 12.2. The second-order valence-corrected chi connectivity index (χ2v) is 6.35. The van der Waals surface area contributed by atoms with E-state index in [-0.39, 0.29) is 11.9 Å². The molecular weight excluding hydrogens is 226 g/mol. The van der Waals surface area contributed by atoms with Gasteiger partial charge < -0.3 is 11.1 Å². The maximum absolute atomic E-state index is 12.2. The Morgan fingerprint density at radius 3 is 2.72 bits per heavy atom. The summed E-state index contributed by atoms with van der Waals surface area (Å²) in [4.78, 5) is 14.7. The van der Waals surface area contributed by atoms with E-state index in [9.17, 15) is 4.79 Å². The van der Waals surface area contributed by atoms with Crippen LogP contribution >= 0.6 is 0 Å². The molecule has 0 aromatic rings. The van der Waals surface area contributed by atoms with Crippen LogP contribution in [-0.2, 0) is 4.79 Å². The SMILES string of the molecule is CCCC(C)(N)C(=O)NC1CC(C)N(C2CC2)C1. The summed E-state index contributed by atoms with van der Waals surface area (Å²) >= 11 is 0. The molecule has 18 heavy (non-hydrogen) atoms. The van der Waals surface area contributed by atoms with Gasteiger partial charge in [-0.05, 0) is 39.5 Å². The summed E-state index contributed by atoms with van der Waals surface area (Å²) in [6, 6.07) is 1.66. The predicted molar refractivity (Wildman–Crippen MR) is 73.2 cm³/mol. The zero-order valence-electron chi connectivity index (χ0n) is 11.9. The van der Waals surface area contributed by atoms with Crippen LogP contribution in [0.2, 0.25) is 0 Å². The number of nitrogens with two attached hydrogens (primary N) is 1. The van der Waals surface area contributed by atoms with Crippen LogP contribution < -0.4 is 11.1 Å². The Balaban J connectivity index is 1.85. The fourth-order valence-corrected chi connectivity index (χ4v) is 3.06. The number of rotatable bonds is 5. The molecule has 2 aliphatic rings. The standard InChI is InChI=1S/C14H27N3O/c1-4-7-14(3,15)13(18)16-11-8-10(2)17(9-11)12-5-6-12/h10-12H,4-9,15H2,1-3H3,(H,16,18). The zero-order chi connectivity index (χ0) is 13.3. The van der Waals surface area contributed by atoms with Crippen LogP contribution in [0.1, 0.15) is 52.9 Å². The lowest BCUT2D eigenvalue weighted by Gasteiger charge is -2.25. The van der Waals surface area contributed by atoms with E-state index >= 15 is 0 Å². The van der Waals surface area contributed by atoms with E-state index in [1.807, 2.05) is 6.92 Å². The Morgan fingerprint density at radius 2 is 2.17 bits per heavy atom. The number of carbonyl (C=O) groups is 1. The van der Waals surface area contributed by atoms with Crippen molar-refractivity contribution in [2.75, 3.05) is 6.54 Å². The summed E-state index contributed by atoms with van der Waals surface area (Å²) in [6.45, 7) is 7.16. The molecule has 3 unspecified atom stereocenters. The number of amides is 1. The van der Waals surface area contributed by atoms with Crippen molar-refractivity contribution in [2.45, 2.75) is 76.5 Å². The Bertz CT molecular complexity index is 312. The molecule has 0 aromatic heterocycles. The van der Waals surface area contributed by atoms with Crippen LogP contribution in [0.25, 0.3) is 0 Å². The molecule has 3 N–H and O–H groups in total. The van der Waals surface area contributed by atoms with Gasteiger partial charge in [0.1, 0.15) is 0 Å². The molecule has 4 heteroatoms. The van der Waals surface area contributed by atoms with Crippen LogP contribution in [0.4, 0.5) is 0 Å². The topological polar surface area (TPSA) is 58.4 Å². The number of carbonyl (C=O) groups excluding carboxylic acids is 1. The smallest absolute Gasteiger partial charge is 0.240 e. The van der Waals surface area contributed by atoms with Crippen LogP contribution in [0.15, 0.2) is 0 Å². The summed E-state index contributed by atoms with van der Waals surface area (Å²) in [6.07, 6.45) is 5.40. The lowest BCUT2D eigenvalue weighted by atomic mass is 9.96. The number of nitrogens with one attached hydrogen (secondary N) is 1. The molecular formula is C14H27N3O. The fraction of sp³-hybridized carbons (Fsp3) is 0.929. The average molecular weight is 253 g/mol. The number of likely N-dealkylation sites (tertiary alicyclic amines) is 1. The van der Waals surface area contributed by atoms with E-state index in [0.717, 1.165) is 31.8 Å². The van der Waals surface area contributed by atoms with Crippen LogP contribution in [-0.4, -0.2) is 41.0 Å². The van der Waals surface area contributed by atoms with Crippen molar-refractivity contribution in [3.63, 3.8) is 0 Å². The second-order valence-electron chi connectivity index (χ2n) is 6.35. The lowest BCUT2D eigenvalue weighted by molar-refractivity contribution is -0.126. The number of hydrogen-bond acceptors (Lipinski definition) is 3. The van der Waals surface area contributed by atoms with E-state index < -0.39 is 5.54 Å². The van der Waals surface area contributed by atoms with E-state index in [1.54, 1.807) is 0 Å². The third-order valence-electron chi connectivity index (χ3n) is 4.26. The minimum absolute atomic E-state index is 0.0131. The Kier molecular flexibility index (Phi) is 3.97. The Labute approximate surface area is 110 Å². The molecule has 0 aromatic carbocycles. The summed E-state index contributed by atoms with van der Waals surface area (Å²) in [5, 5.41) is 3.14. The highest BCUT2D eigenvalue weighted by Crippen LogP contribution is 2.33. The average Bonchev–Trinajstić information content (AvgIpc) is 3.04. The molecule has 2 rings (SSSR count). The normalized spacial score (nSPS) is 32.2. The molecule has 0 bridgehead atoms. The van der Waals surface area contributed by atoms with Gasteiger partial charge in [-0.25, -0.2) is 0 Å². The first-order valence-corrected chi connectivity index (χ1v) is 7.29. The summed E-state index contributed by atoms with van der Waals surface area (Å²) < 4.78 is 0. The van der Waals surface area contributed by atoms with Gasteiger partial charge >= 0.3 is 0 Å². The van der Waals surface area contributed by atoms with E-state index in [4.69, 9.17) is 5.73 Å². The molecule has 3 atom stereocenters. The first-order chi connectivity index (χ1) is 8.44. The second kappa shape index (κ2) is 5.17. The van der Waals surface area contributed by atoms with Gasteiger partial charge in [0.15, 0.2) is 0 Å². The van der Waals surface area contributed by atoms with Gasteiger partial charge in [-0.3, -0.25) is 9.69 Å². The summed E-state index contributed by atoms with van der Waals surface area (Å²) in [5.41, 5.74) is 5.35.